The number of hydrogen-bond donors (Lipinski definition) is 1. The molecule has 0 saturated carbocycles. The summed E-state index contributed by atoms with van der Waals surface area (Å²) in [5, 5.41) is 11.2. The van der Waals surface area contributed by atoms with Gasteiger partial charge >= 0.3 is 5.97 Å². The molecule has 0 aromatic heterocycles. The Morgan fingerprint density at radius 2 is 1.74 bits per heavy atom. The zero-order valence-electron chi connectivity index (χ0n) is 20.8. The number of carbonyl (C=O) groups is 2. The molecular formula is C29H22Cl2FNO5S. The van der Waals surface area contributed by atoms with Crippen LogP contribution in [-0.2, 0) is 16.1 Å². The van der Waals surface area contributed by atoms with Crippen molar-refractivity contribution in [3.63, 3.8) is 0 Å². The molecule has 6 nitrogen and oxygen atoms in total. The average Bonchev–Trinajstić information content (AvgIpc) is 3.19. The van der Waals surface area contributed by atoms with Gasteiger partial charge in [0.15, 0.2) is 5.75 Å². The molecular weight excluding hydrogens is 564 g/mol. The Morgan fingerprint density at radius 1 is 1.08 bits per heavy atom. The van der Waals surface area contributed by atoms with Crippen LogP contribution in [0.15, 0.2) is 81.9 Å². The van der Waals surface area contributed by atoms with Gasteiger partial charge in [-0.2, -0.15) is 0 Å². The Labute approximate surface area is 238 Å². The number of aryl methyl sites for hydroxylation is 1. The second kappa shape index (κ2) is 12.5. The van der Waals surface area contributed by atoms with E-state index in [0.29, 0.717) is 16.7 Å². The lowest BCUT2D eigenvalue weighted by molar-refractivity contribution is -0.138. The first-order valence-corrected chi connectivity index (χ1v) is 13.3. The van der Waals surface area contributed by atoms with E-state index in [1.165, 1.54) is 12.1 Å². The smallest absolute Gasteiger partial charge is 0.344 e. The van der Waals surface area contributed by atoms with Crippen LogP contribution in [0.2, 0.25) is 10.0 Å². The van der Waals surface area contributed by atoms with Crippen molar-refractivity contribution in [2.24, 2.45) is 4.99 Å². The van der Waals surface area contributed by atoms with Crippen molar-refractivity contribution in [1.82, 2.24) is 0 Å². The van der Waals surface area contributed by atoms with Crippen molar-refractivity contribution >= 4 is 58.0 Å². The maximum atomic E-state index is 13.9. The average molecular weight is 586 g/mol. The normalized spacial score (nSPS) is 15.2. The SMILES string of the molecule is CCOC(=O)C1=C(O)/C(=C/c2cc(Cl)c(OCc3ccccc3F)c(Cl)c2)SC1=NC(=O)c1ccc(C)cc1. The Kier molecular flexibility index (Phi) is 9.12. The molecule has 200 valence electrons. The van der Waals surface area contributed by atoms with Gasteiger partial charge in [0.05, 0.1) is 21.6 Å². The van der Waals surface area contributed by atoms with Crippen molar-refractivity contribution in [2.75, 3.05) is 6.61 Å². The van der Waals surface area contributed by atoms with E-state index in [2.05, 4.69) is 4.99 Å². The topological polar surface area (TPSA) is 85.2 Å². The largest absolute Gasteiger partial charge is 0.506 e. The van der Waals surface area contributed by atoms with E-state index in [9.17, 15) is 19.1 Å². The molecule has 0 radical (unpaired) electrons. The summed E-state index contributed by atoms with van der Waals surface area (Å²) in [6.45, 7) is 3.51. The van der Waals surface area contributed by atoms with Crippen LogP contribution in [0.4, 0.5) is 4.39 Å². The number of hydrogen-bond acceptors (Lipinski definition) is 6. The predicted octanol–water partition coefficient (Wildman–Crippen LogP) is 7.72. The van der Waals surface area contributed by atoms with Crippen LogP contribution in [0.3, 0.4) is 0 Å². The number of rotatable bonds is 7. The van der Waals surface area contributed by atoms with Crippen LogP contribution in [0.5, 0.6) is 5.75 Å². The minimum absolute atomic E-state index is 0.00445. The minimum atomic E-state index is -0.811. The fourth-order valence-corrected chi connectivity index (χ4v) is 5.19. The van der Waals surface area contributed by atoms with Crippen LogP contribution in [0.1, 0.15) is 34.0 Å². The second-order valence-corrected chi connectivity index (χ2v) is 10.2. The van der Waals surface area contributed by atoms with E-state index in [1.54, 1.807) is 61.5 Å². The highest BCUT2D eigenvalue weighted by atomic mass is 35.5. The standard InChI is InChI=1S/C29H22Cl2FNO5S/c1-3-37-29(36)24-25(34)23(39-28(24)33-27(35)18-10-8-16(2)9-11-18)14-17-12-20(30)26(21(31)13-17)38-15-19-6-4-5-7-22(19)32/h4-14,34H,3,15H2,1-2H3/b23-14-,33-28?. The van der Waals surface area contributed by atoms with E-state index >= 15 is 0 Å². The van der Waals surface area contributed by atoms with Gasteiger partial charge in [0.25, 0.3) is 5.91 Å². The Bertz CT molecular complexity index is 1510. The molecule has 0 saturated heterocycles. The molecule has 1 amide bonds. The highest BCUT2D eigenvalue weighted by Crippen LogP contribution is 2.41. The molecule has 0 atom stereocenters. The molecule has 39 heavy (non-hydrogen) atoms. The van der Waals surface area contributed by atoms with E-state index < -0.39 is 17.7 Å². The first-order chi connectivity index (χ1) is 18.7. The summed E-state index contributed by atoms with van der Waals surface area (Å²) >= 11 is 13.7. The third-order valence-electron chi connectivity index (χ3n) is 5.52. The van der Waals surface area contributed by atoms with Gasteiger partial charge in [-0.15, -0.1) is 0 Å². The number of carbonyl (C=O) groups excluding carboxylic acids is 2. The number of thioether (sulfide) groups is 1. The quantitative estimate of drug-likeness (QED) is 0.286. The van der Waals surface area contributed by atoms with Gasteiger partial charge < -0.3 is 14.6 Å². The molecule has 1 heterocycles. The van der Waals surface area contributed by atoms with Gasteiger partial charge in [-0.05, 0) is 55.8 Å². The molecule has 0 spiro atoms. The van der Waals surface area contributed by atoms with Crippen LogP contribution >= 0.6 is 35.0 Å². The highest BCUT2D eigenvalue weighted by molar-refractivity contribution is 8.18. The van der Waals surface area contributed by atoms with E-state index in [0.717, 1.165) is 17.3 Å². The number of nitrogens with zero attached hydrogens (tertiary/aromatic N) is 1. The number of aliphatic imine (C=N–C) groups is 1. The van der Waals surface area contributed by atoms with Crippen LogP contribution < -0.4 is 4.74 Å². The summed E-state index contributed by atoms with van der Waals surface area (Å²) in [4.78, 5) is 29.7. The fourth-order valence-electron chi connectivity index (χ4n) is 3.56. The fraction of sp³-hybridized carbons (Fsp3) is 0.138. The Hall–Kier alpha value is -3.59. The first kappa shape index (κ1) is 28.4. The van der Waals surface area contributed by atoms with Gasteiger partial charge in [-0.1, -0.05) is 70.9 Å². The second-order valence-electron chi connectivity index (χ2n) is 8.34. The zero-order valence-corrected chi connectivity index (χ0v) is 23.2. The van der Waals surface area contributed by atoms with E-state index in [-0.39, 0.29) is 50.3 Å². The summed E-state index contributed by atoms with van der Waals surface area (Å²) in [5.74, 6) is -2.02. The van der Waals surface area contributed by atoms with Gasteiger partial charge in [-0.25, -0.2) is 14.2 Å². The van der Waals surface area contributed by atoms with Crippen molar-refractivity contribution in [3.8, 4) is 5.75 Å². The van der Waals surface area contributed by atoms with E-state index in [1.807, 2.05) is 6.92 Å². The maximum Gasteiger partial charge on any atom is 0.344 e. The lowest BCUT2D eigenvalue weighted by Gasteiger charge is -2.11. The molecule has 1 aliphatic rings. The number of ether oxygens (including phenoxy) is 2. The van der Waals surface area contributed by atoms with Gasteiger partial charge in [0, 0.05) is 11.1 Å². The van der Waals surface area contributed by atoms with Crippen molar-refractivity contribution in [1.29, 1.82) is 0 Å². The molecule has 3 aromatic carbocycles. The minimum Gasteiger partial charge on any atom is -0.506 e. The molecule has 10 heteroatoms. The lowest BCUT2D eigenvalue weighted by Crippen LogP contribution is -2.14. The first-order valence-electron chi connectivity index (χ1n) is 11.7. The van der Waals surface area contributed by atoms with Gasteiger partial charge in [-0.3, -0.25) is 4.79 Å². The van der Waals surface area contributed by atoms with E-state index in [4.69, 9.17) is 32.7 Å². The van der Waals surface area contributed by atoms with Crippen LogP contribution in [0, 0.1) is 12.7 Å². The predicted molar refractivity (Wildman–Crippen MR) is 152 cm³/mol. The summed E-state index contributed by atoms with van der Waals surface area (Å²) in [5.41, 5.74) is 1.91. The third-order valence-corrected chi connectivity index (χ3v) is 7.10. The third kappa shape index (κ3) is 6.71. The zero-order chi connectivity index (χ0) is 28.1. The van der Waals surface area contributed by atoms with Crippen molar-refractivity contribution in [3.05, 3.63) is 115 Å². The molecule has 0 fully saturated rings. The molecule has 4 rings (SSSR count). The molecule has 0 unspecified atom stereocenters. The molecule has 1 aliphatic heterocycles. The Balaban J connectivity index is 1.63. The summed E-state index contributed by atoms with van der Waals surface area (Å²) in [7, 11) is 0. The molecule has 0 bridgehead atoms. The molecule has 0 aliphatic carbocycles. The molecule has 1 N–H and O–H groups in total. The maximum absolute atomic E-state index is 13.9. The number of aliphatic hydroxyl groups is 1. The van der Waals surface area contributed by atoms with Crippen molar-refractivity contribution in [2.45, 2.75) is 20.5 Å². The lowest BCUT2D eigenvalue weighted by atomic mass is 10.1. The number of aliphatic hydroxyl groups excluding tert-OH is 1. The number of amides is 1. The monoisotopic (exact) mass is 585 g/mol. The highest BCUT2D eigenvalue weighted by Gasteiger charge is 2.34. The van der Waals surface area contributed by atoms with Crippen LogP contribution in [0.25, 0.3) is 6.08 Å². The van der Waals surface area contributed by atoms with Gasteiger partial charge in [0.2, 0.25) is 0 Å². The summed E-state index contributed by atoms with van der Waals surface area (Å²) in [6.07, 6.45) is 1.54. The summed E-state index contributed by atoms with van der Waals surface area (Å²) < 4.78 is 24.7. The van der Waals surface area contributed by atoms with Crippen molar-refractivity contribution < 1.29 is 28.6 Å². The number of esters is 1. The Morgan fingerprint density at radius 3 is 2.38 bits per heavy atom. The number of benzene rings is 3. The molecule has 3 aromatic rings. The van der Waals surface area contributed by atoms with Crippen LogP contribution in [-0.4, -0.2) is 28.6 Å². The van der Waals surface area contributed by atoms with Gasteiger partial charge in [0.1, 0.15) is 28.8 Å². The summed E-state index contributed by atoms with van der Waals surface area (Å²) in [6, 6.07) is 16.1. The number of halogens is 3.